The summed E-state index contributed by atoms with van der Waals surface area (Å²) in [6.45, 7) is -0.449. The maximum Gasteiger partial charge on any atom is 0.378 e. The Morgan fingerprint density at radius 1 is 0.722 bits per heavy atom. The first kappa shape index (κ1) is 22.9. The summed E-state index contributed by atoms with van der Waals surface area (Å²) < 4.78 is 20.1. The van der Waals surface area contributed by atoms with Crippen LogP contribution < -0.4 is 0 Å². The van der Waals surface area contributed by atoms with Gasteiger partial charge < -0.3 is 4.74 Å². The van der Waals surface area contributed by atoms with Crippen molar-refractivity contribution in [3.05, 3.63) is 126 Å². The van der Waals surface area contributed by atoms with Gasteiger partial charge in [-0.3, -0.25) is 4.79 Å². The summed E-state index contributed by atoms with van der Waals surface area (Å²) in [5.41, 5.74) is 3.68. The van der Waals surface area contributed by atoms with E-state index in [1.165, 1.54) is 28.9 Å². The van der Waals surface area contributed by atoms with Crippen molar-refractivity contribution in [1.29, 1.82) is 0 Å². The first-order valence-electron chi connectivity index (χ1n) is 11.2. The smallest absolute Gasteiger partial charge is 0.378 e. The molecule has 0 spiro atoms. The Hall–Kier alpha value is -4.91. The van der Waals surface area contributed by atoms with Gasteiger partial charge in [0.1, 0.15) is 5.82 Å². The molecule has 6 nitrogen and oxygen atoms in total. The molecule has 1 heterocycles. The van der Waals surface area contributed by atoms with Crippen LogP contribution in [0, 0.1) is 5.82 Å². The number of hydrogen-bond donors (Lipinski definition) is 0. The van der Waals surface area contributed by atoms with Gasteiger partial charge in [0.05, 0.1) is 5.69 Å². The molecule has 0 fully saturated rings. The van der Waals surface area contributed by atoms with E-state index in [0.717, 1.165) is 11.1 Å². The predicted octanol–water partition coefficient (Wildman–Crippen LogP) is 5.78. The quantitative estimate of drug-likeness (QED) is 0.219. The van der Waals surface area contributed by atoms with Crippen molar-refractivity contribution in [3.8, 4) is 28.2 Å². The van der Waals surface area contributed by atoms with E-state index in [-0.39, 0.29) is 11.6 Å². The minimum atomic E-state index is -0.831. The number of rotatable bonds is 7. The standard InChI is InChI=1S/C29H20FN3O3/c30-24-15-17-25(18-16-24)33-28(23-9-5-2-6-10-23)31-27(32-33)29(35)36-19-26(34)22-13-11-21(12-14-22)20-7-3-1-4-8-20/h1-18H,19H2. The van der Waals surface area contributed by atoms with Gasteiger partial charge in [-0.05, 0) is 35.4 Å². The van der Waals surface area contributed by atoms with Crippen LogP contribution in [0.25, 0.3) is 28.2 Å². The van der Waals surface area contributed by atoms with Crippen molar-refractivity contribution >= 4 is 11.8 Å². The highest BCUT2D eigenvalue weighted by atomic mass is 19.1. The van der Waals surface area contributed by atoms with Crippen molar-refractivity contribution in [2.45, 2.75) is 0 Å². The average molecular weight is 477 g/mol. The topological polar surface area (TPSA) is 74.1 Å². The summed E-state index contributed by atoms with van der Waals surface area (Å²) in [5.74, 6) is -1.39. The number of nitrogens with zero attached hydrogens (tertiary/aromatic N) is 3. The number of halogens is 1. The second-order valence-electron chi connectivity index (χ2n) is 7.96. The zero-order valence-electron chi connectivity index (χ0n) is 19.0. The fraction of sp³-hybridized carbons (Fsp3) is 0.0345. The fourth-order valence-electron chi connectivity index (χ4n) is 3.69. The van der Waals surface area contributed by atoms with E-state index in [1.807, 2.05) is 72.8 Å². The lowest BCUT2D eigenvalue weighted by Gasteiger charge is -2.05. The van der Waals surface area contributed by atoms with Crippen LogP contribution >= 0.6 is 0 Å². The molecular weight excluding hydrogens is 457 g/mol. The van der Waals surface area contributed by atoms with Crippen molar-refractivity contribution in [1.82, 2.24) is 14.8 Å². The van der Waals surface area contributed by atoms with Gasteiger partial charge in [-0.25, -0.2) is 18.9 Å². The minimum Gasteiger partial charge on any atom is -0.451 e. The molecule has 0 aliphatic rings. The molecule has 5 aromatic rings. The van der Waals surface area contributed by atoms with Crippen molar-refractivity contribution in [2.75, 3.05) is 6.61 Å². The zero-order chi connectivity index (χ0) is 24.9. The van der Waals surface area contributed by atoms with Crippen LogP contribution in [-0.4, -0.2) is 33.1 Å². The number of benzene rings is 4. The predicted molar refractivity (Wildman–Crippen MR) is 133 cm³/mol. The lowest BCUT2D eigenvalue weighted by Crippen LogP contribution is -2.15. The number of ether oxygens (including phenoxy) is 1. The maximum atomic E-state index is 13.4. The number of hydrogen-bond acceptors (Lipinski definition) is 5. The molecule has 0 saturated heterocycles. The number of carbonyl (C=O) groups is 2. The molecule has 0 amide bonds. The Morgan fingerprint density at radius 3 is 1.94 bits per heavy atom. The van der Waals surface area contributed by atoms with Gasteiger partial charge in [-0.2, -0.15) is 0 Å². The second-order valence-corrected chi connectivity index (χ2v) is 7.96. The van der Waals surface area contributed by atoms with Crippen molar-refractivity contribution in [2.24, 2.45) is 0 Å². The normalized spacial score (nSPS) is 10.7. The molecular formula is C29H20FN3O3. The summed E-state index contributed by atoms with van der Waals surface area (Å²) in [7, 11) is 0. The summed E-state index contributed by atoms with van der Waals surface area (Å²) in [4.78, 5) is 29.7. The van der Waals surface area contributed by atoms with E-state index in [9.17, 15) is 14.0 Å². The lowest BCUT2D eigenvalue weighted by molar-refractivity contribution is 0.0462. The SMILES string of the molecule is O=C(COC(=O)c1nc(-c2ccccc2)n(-c2ccc(F)cc2)n1)c1ccc(-c2ccccc2)cc1. The van der Waals surface area contributed by atoms with Crippen LogP contribution in [0.5, 0.6) is 0 Å². The van der Waals surface area contributed by atoms with Crippen LogP contribution in [0.2, 0.25) is 0 Å². The molecule has 1 aromatic heterocycles. The van der Waals surface area contributed by atoms with Crippen molar-refractivity contribution < 1.29 is 18.7 Å². The zero-order valence-corrected chi connectivity index (χ0v) is 19.0. The fourth-order valence-corrected chi connectivity index (χ4v) is 3.69. The molecule has 5 rings (SSSR count). The molecule has 0 saturated carbocycles. The van der Waals surface area contributed by atoms with E-state index in [4.69, 9.17) is 4.74 Å². The number of aromatic nitrogens is 3. The van der Waals surface area contributed by atoms with Gasteiger partial charge in [0.15, 0.2) is 18.2 Å². The second kappa shape index (κ2) is 10.1. The van der Waals surface area contributed by atoms with E-state index >= 15 is 0 Å². The summed E-state index contributed by atoms with van der Waals surface area (Å²) in [6, 6.07) is 31.7. The monoisotopic (exact) mass is 477 g/mol. The molecule has 0 bridgehead atoms. The molecule has 7 heteroatoms. The Labute approximate surface area is 206 Å². The highest BCUT2D eigenvalue weighted by Crippen LogP contribution is 2.22. The third-order valence-corrected chi connectivity index (χ3v) is 5.54. The van der Waals surface area contributed by atoms with E-state index < -0.39 is 18.4 Å². The Bertz CT molecular complexity index is 1500. The third-order valence-electron chi connectivity index (χ3n) is 5.54. The largest absolute Gasteiger partial charge is 0.451 e. The molecule has 36 heavy (non-hydrogen) atoms. The van der Waals surface area contributed by atoms with E-state index in [1.54, 1.807) is 12.1 Å². The lowest BCUT2D eigenvalue weighted by atomic mass is 10.0. The molecule has 0 N–H and O–H groups in total. The Kier molecular flexibility index (Phi) is 6.44. The van der Waals surface area contributed by atoms with E-state index in [2.05, 4.69) is 10.1 Å². The highest BCUT2D eigenvalue weighted by molar-refractivity contribution is 5.99. The average Bonchev–Trinajstić information content (AvgIpc) is 3.39. The molecule has 4 aromatic carbocycles. The molecule has 0 unspecified atom stereocenters. The number of Topliss-reactive ketones (excluding diaryl/α,β-unsaturated/α-hetero) is 1. The highest BCUT2D eigenvalue weighted by Gasteiger charge is 2.21. The first-order chi connectivity index (χ1) is 17.6. The third kappa shape index (κ3) is 4.95. The summed E-state index contributed by atoms with van der Waals surface area (Å²) in [5, 5.41) is 4.28. The molecule has 0 aliphatic heterocycles. The number of ketones is 1. The van der Waals surface area contributed by atoms with Crippen LogP contribution in [0.1, 0.15) is 21.0 Å². The van der Waals surface area contributed by atoms with Crippen LogP contribution in [0.4, 0.5) is 4.39 Å². The Morgan fingerprint density at radius 2 is 1.31 bits per heavy atom. The van der Waals surface area contributed by atoms with Crippen LogP contribution in [0.15, 0.2) is 109 Å². The summed E-state index contributed by atoms with van der Waals surface area (Å²) in [6.07, 6.45) is 0. The van der Waals surface area contributed by atoms with Gasteiger partial charge in [0.25, 0.3) is 5.82 Å². The number of esters is 1. The molecule has 0 atom stereocenters. The van der Waals surface area contributed by atoms with Crippen LogP contribution in [-0.2, 0) is 4.74 Å². The van der Waals surface area contributed by atoms with Gasteiger partial charge in [-0.15, -0.1) is 5.10 Å². The molecule has 0 aliphatic carbocycles. The summed E-state index contributed by atoms with van der Waals surface area (Å²) >= 11 is 0. The van der Waals surface area contributed by atoms with Gasteiger partial charge in [0, 0.05) is 11.1 Å². The van der Waals surface area contributed by atoms with Gasteiger partial charge in [0.2, 0.25) is 0 Å². The molecule has 176 valence electrons. The first-order valence-corrected chi connectivity index (χ1v) is 11.2. The molecule has 0 radical (unpaired) electrons. The maximum absolute atomic E-state index is 13.4. The van der Waals surface area contributed by atoms with Crippen molar-refractivity contribution in [3.63, 3.8) is 0 Å². The van der Waals surface area contributed by atoms with Crippen LogP contribution in [0.3, 0.4) is 0 Å². The van der Waals surface area contributed by atoms with E-state index in [0.29, 0.717) is 22.6 Å². The number of carbonyl (C=O) groups excluding carboxylic acids is 2. The van der Waals surface area contributed by atoms with Gasteiger partial charge >= 0.3 is 5.97 Å². The Balaban J connectivity index is 1.33. The van der Waals surface area contributed by atoms with Gasteiger partial charge in [-0.1, -0.05) is 84.9 Å². The minimum absolute atomic E-state index is 0.203.